The molecular weight excluding hydrogens is 192 g/mol. The van der Waals surface area contributed by atoms with Crippen molar-refractivity contribution in [3.63, 3.8) is 0 Å². The summed E-state index contributed by atoms with van der Waals surface area (Å²) in [5, 5.41) is 0. The van der Waals surface area contributed by atoms with Crippen LogP contribution < -0.4 is 0 Å². The standard InChI is InChI=1S/C12H22O3/c1-10(2)6-5-7-11(3)8-9-15-12(13)14-4/h6,11H,5,7-9H2,1-4H3. The fraction of sp³-hybridized carbons (Fsp3) is 0.750. The molecule has 0 saturated heterocycles. The summed E-state index contributed by atoms with van der Waals surface area (Å²) in [6.07, 6.45) is 4.77. The Bertz CT molecular complexity index is 205. The van der Waals surface area contributed by atoms with Gasteiger partial charge in [0.15, 0.2) is 0 Å². The Kier molecular flexibility index (Phi) is 7.78. The largest absolute Gasteiger partial charge is 0.507 e. The predicted octanol–water partition coefficient (Wildman–Crippen LogP) is 3.54. The van der Waals surface area contributed by atoms with Crippen molar-refractivity contribution in [2.75, 3.05) is 13.7 Å². The minimum atomic E-state index is -0.591. The molecule has 3 heteroatoms. The van der Waals surface area contributed by atoms with Gasteiger partial charge in [-0.25, -0.2) is 4.79 Å². The lowest BCUT2D eigenvalue weighted by Crippen LogP contribution is -2.08. The molecule has 0 aliphatic carbocycles. The Balaban J connectivity index is 3.45. The molecule has 1 atom stereocenters. The molecule has 0 aromatic carbocycles. The lowest BCUT2D eigenvalue weighted by molar-refractivity contribution is 0.0685. The number of carbonyl (C=O) groups excluding carboxylic acids is 1. The monoisotopic (exact) mass is 214 g/mol. The quantitative estimate of drug-likeness (QED) is 0.501. The van der Waals surface area contributed by atoms with E-state index in [-0.39, 0.29) is 0 Å². The van der Waals surface area contributed by atoms with E-state index in [0.29, 0.717) is 12.5 Å². The first-order valence-electron chi connectivity index (χ1n) is 5.40. The molecule has 0 radical (unpaired) electrons. The topological polar surface area (TPSA) is 35.5 Å². The maximum Gasteiger partial charge on any atom is 0.507 e. The molecule has 0 aromatic rings. The number of hydrogen-bond donors (Lipinski definition) is 0. The number of ether oxygens (including phenoxy) is 2. The highest BCUT2D eigenvalue weighted by Crippen LogP contribution is 2.11. The average Bonchev–Trinajstić information content (AvgIpc) is 2.17. The van der Waals surface area contributed by atoms with Gasteiger partial charge < -0.3 is 9.47 Å². The van der Waals surface area contributed by atoms with E-state index < -0.39 is 6.16 Å². The van der Waals surface area contributed by atoms with E-state index in [4.69, 9.17) is 4.74 Å². The molecule has 88 valence electrons. The van der Waals surface area contributed by atoms with Crippen molar-refractivity contribution in [3.05, 3.63) is 11.6 Å². The van der Waals surface area contributed by atoms with Crippen LogP contribution in [-0.2, 0) is 9.47 Å². The first-order chi connectivity index (χ1) is 7.06. The van der Waals surface area contributed by atoms with Crippen LogP contribution in [0.1, 0.15) is 40.0 Å². The van der Waals surface area contributed by atoms with E-state index in [1.165, 1.54) is 12.7 Å². The predicted molar refractivity (Wildman–Crippen MR) is 60.8 cm³/mol. The van der Waals surface area contributed by atoms with Crippen molar-refractivity contribution in [1.29, 1.82) is 0 Å². The molecule has 0 amide bonds. The zero-order chi connectivity index (χ0) is 11.7. The van der Waals surface area contributed by atoms with Gasteiger partial charge in [0.05, 0.1) is 13.7 Å². The van der Waals surface area contributed by atoms with Crippen LogP contribution in [-0.4, -0.2) is 19.9 Å². The third-order valence-corrected chi connectivity index (χ3v) is 2.21. The molecule has 0 aliphatic rings. The van der Waals surface area contributed by atoms with Crippen LogP contribution in [0.25, 0.3) is 0 Å². The van der Waals surface area contributed by atoms with Crippen molar-refractivity contribution in [3.8, 4) is 0 Å². The normalized spacial score (nSPS) is 11.7. The van der Waals surface area contributed by atoms with E-state index in [1.54, 1.807) is 0 Å². The van der Waals surface area contributed by atoms with Gasteiger partial charge in [0.2, 0.25) is 0 Å². The summed E-state index contributed by atoms with van der Waals surface area (Å²) in [6.45, 7) is 6.82. The molecule has 0 bridgehead atoms. The Morgan fingerprint density at radius 2 is 2.00 bits per heavy atom. The summed E-state index contributed by atoms with van der Waals surface area (Å²) in [4.78, 5) is 10.6. The SMILES string of the molecule is COC(=O)OCCC(C)CCC=C(C)C. The van der Waals surface area contributed by atoms with Crippen molar-refractivity contribution < 1.29 is 14.3 Å². The van der Waals surface area contributed by atoms with E-state index in [1.807, 2.05) is 0 Å². The third kappa shape index (κ3) is 9.32. The maximum atomic E-state index is 10.6. The molecule has 15 heavy (non-hydrogen) atoms. The second kappa shape index (κ2) is 8.33. The molecule has 0 N–H and O–H groups in total. The van der Waals surface area contributed by atoms with Crippen LogP contribution in [0.4, 0.5) is 4.79 Å². The van der Waals surface area contributed by atoms with Gasteiger partial charge in [-0.05, 0) is 39.0 Å². The van der Waals surface area contributed by atoms with Crippen LogP contribution in [0.2, 0.25) is 0 Å². The van der Waals surface area contributed by atoms with Crippen molar-refractivity contribution >= 4 is 6.16 Å². The first kappa shape index (κ1) is 14.0. The number of allylic oxidation sites excluding steroid dienone is 2. The Morgan fingerprint density at radius 1 is 1.33 bits per heavy atom. The molecule has 0 rings (SSSR count). The van der Waals surface area contributed by atoms with E-state index in [2.05, 4.69) is 31.6 Å². The lowest BCUT2D eigenvalue weighted by atomic mass is 10.0. The van der Waals surface area contributed by atoms with Crippen LogP contribution >= 0.6 is 0 Å². The minimum Gasteiger partial charge on any atom is -0.438 e. The summed E-state index contributed by atoms with van der Waals surface area (Å²) >= 11 is 0. The smallest absolute Gasteiger partial charge is 0.438 e. The maximum absolute atomic E-state index is 10.6. The van der Waals surface area contributed by atoms with E-state index in [9.17, 15) is 4.79 Å². The van der Waals surface area contributed by atoms with Crippen LogP contribution in [0.5, 0.6) is 0 Å². The Morgan fingerprint density at radius 3 is 2.53 bits per heavy atom. The Hall–Kier alpha value is -0.990. The second-order valence-electron chi connectivity index (χ2n) is 4.06. The minimum absolute atomic E-state index is 0.447. The summed E-state index contributed by atoms with van der Waals surface area (Å²) in [5.74, 6) is 0.574. The molecule has 3 nitrogen and oxygen atoms in total. The number of rotatable bonds is 6. The van der Waals surface area contributed by atoms with Gasteiger partial charge >= 0.3 is 6.16 Å². The zero-order valence-electron chi connectivity index (χ0n) is 10.2. The Labute approximate surface area is 92.5 Å². The summed E-state index contributed by atoms with van der Waals surface area (Å²) in [6, 6.07) is 0. The number of carbonyl (C=O) groups is 1. The van der Waals surface area contributed by atoms with Crippen molar-refractivity contribution in [2.45, 2.75) is 40.0 Å². The van der Waals surface area contributed by atoms with Gasteiger partial charge in [0.25, 0.3) is 0 Å². The van der Waals surface area contributed by atoms with Crippen molar-refractivity contribution in [1.82, 2.24) is 0 Å². The first-order valence-corrected chi connectivity index (χ1v) is 5.40. The van der Waals surface area contributed by atoms with Crippen LogP contribution in [0.3, 0.4) is 0 Å². The van der Waals surface area contributed by atoms with Gasteiger partial charge in [-0.3, -0.25) is 0 Å². The van der Waals surface area contributed by atoms with Gasteiger partial charge in [-0.15, -0.1) is 0 Å². The number of methoxy groups -OCH3 is 1. The molecular formula is C12H22O3. The summed E-state index contributed by atoms with van der Waals surface area (Å²) in [5.41, 5.74) is 1.35. The fourth-order valence-electron chi connectivity index (χ4n) is 1.20. The third-order valence-electron chi connectivity index (χ3n) is 2.21. The van der Waals surface area contributed by atoms with E-state index in [0.717, 1.165) is 19.3 Å². The zero-order valence-corrected chi connectivity index (χ0v) is 10.2. The van der Waals surface area contributed by atoms with Gasteiger partial charge in [0.1, 0.15) is 0 Å². The molecule has 1 unspecified atom stereocenters. The van der Waals surface area contributed by atoms with E-state index >= 15 is 0 Å². The molecule has 0 saturated carbocycles. The summed E-state index contributed by atoms with van der Waals surface area (Å²) < 4.78 is 9.19. The summed E-state index contributed by atoms with van der Waals surface area (Å²) in [7, 11) is 1.32. The van der Waals surface area contributed by atoms with Crippen LogP contribution in [0.15, 0.2) is 11.6 Å². The van der Waals surface area contributed by atoms with Gasteiger partial charge in [0, 0.05) is 0 Å². The van der Waals surface area contributed by atoms with Crippen LogP contribution in [0, 0.1) is 5.92 Å². The number of hydrogen-bond acceptors (Lipinski definition) is 3. The molecule has 0 fully saturated rings. The van der Waals surface area contributed by atoms with Crippen molar-refractivity contribution in [2.24, 2.45) is 5.92 Å². The highest BCUT2D eigenvalue weighted by molar-refractivity contribution is 5.59. The highest BCUT2D eigenvalue weighted by Gasteiger charge is 2.04. The average molecular weight is 214 g/mol. The molecule has 0 spiro atoms. The van der Waals surface area contributed by atoms with Gasteiger partial charge in [-0.2, -0.15) is 0 Å². The fourth-order valence-corrected chi connectivity index (χ4v) is 1.20. The van der Waals surface area contributed by atoms with Gasteiger partial charge in [-0.1, -0.05) is 18.6 Å². The molecule has 0 aliphatic heterocycles. The lowest BCUT2D eigenvalue weighted by Gasteiger charge is -2.09. The molecule has 0 heterocycles. The second-order valence-corrected chi connectivity index (χ2v) is 4.06. The highest BCUT2D eigenvalue weighted by atomic mass is 16.7. The molecule has 0 aromatic heterocycles.